The lowest BCUT2D eigenvalue weighted by atomic mass is 9.92. The van der Waals surface area contributed by atoms with Gasteiger partial charge in [-0.05, 0) is 37.7 Å². The van der Waals surface area contributed by atoms with Gasteiger partial charge in [0.15, 0.2) is 0 Å². The van der Waals surface area contributed by atoms with Crippen molar-refractivity contribution in [1.29, 1.82) is 0 Å². The van der Waals surface area contributed by atoms with E-state index in [2.05, 4.69) is 35.6 Å². The van der Waals surface area contributed by atoms with Gasteiger partial charge in [-0.2, -0.15) is 0 Å². The summed E-state index contributed by atoms with van der Waals surface area (Å²) in [5, 5.41) is 3.81. The standard InChI is InChI=1S/C15H22N2.ClH/c16-12-6-8-13(9-7-12)17-15-10-14(15)11-4-2-1-3-5-11;/h1-5,12-15,17H,6-10,16H2;1H/t12?,13?,14-,15+;/m1./s1. The van der Waals surface area contributed by atoms with E-state index in [0.717, 1.165) is 12.0 Å². The Morgan fingerprint density at radius 2 is 1.67 bits per heavy atom. The fourth-order valence-corrected chi connectivity index (χ4v) is 3.04. The number of nitrogens with one attached hydrogen (secondary N) is 1. The summed E-state index contributed by atoms with van der Waals surface area (Å²) < 4.78 is 0. The Bertz CT molecular complexity index is 360. The van der Waals surface area contributed by atoms with Crippen LogP contribution in [-0.2, 0) is 0 Å². The summed E-state index contributed by atoms with van der Waals surface area (Å²) in [6.07, 6.45) is 6.23. The van der Waals surface area contributed by atoms with Crippen molar-refractivity contribution >= 4 is 12.4 Å². The molecule has 2 atom stereocenters. The molecule has 0 bridgehead atoms. The third kappa shape index (κ3) is 3.25. The summed E-state index contributed by atoms with van der Waals surface area (Å²) in [5.74, 6) is 0.756. The Kier molecular flexibility index (Phi) is 4.66. The Morgan fingerprint density at radius 3 is 2.33 bits per heavy atom. The Morgan fingerprint density at radius 1 is 1.00 bits per heavy atom. The van der Waals surface area contributed by atoms with E-state index in [-0.39, 0.29) is 12.4 Å². The number of hydrogen-bond acceptors (Lipinski definition) is 2. The summed E-state index contributed by atoms with van der Waals surface area (Å²) in [5.41, 5.74) is 7.43. The van der Waals surface area contributed by atoms with Gasteiger partial charge < -0.3 is 11.1 Å². The Labute approximate surface area is 116 Å². The van der Waals surface area contributed by atoms with E-state index in [9.17, 15) is 0 Å². The lowest BCUT2D eigenvalue weighted by Crippen LogP contribution is -2.38. The molecule has 2 saturated carbocycles. The quantitative estimate of drug-likeness (QED) is 0.883. The highest BCUT2D eigenvalue weighted by molar-refractivity contribution is 5.85. The van der Waals surface area contributed by atoms with E-state index in [1.54, 1.807) is 0 Å². The van der Waals surface area contributed by atoms with Gasteiger partial charge in [-0.1, -0.05) is 30.3 Å². The summed E-state index contributed by atoms with van der Waals surface area (Å²) in [7, 11) is 0. The molecule has 2 aliphatic rings. The van der Waals surface area contributed by atoms with Crippen molar-refractivity contribution in [2.75, 3.05) is 0 Å². The minimum Gasteiger partial charge on any atom is -0.328 e. The van der Waals surface area contributed by atoms with E-state index in [1.807, 2.05) is 0 Å². The van der Waals surface area contributed by atoms with Crippen LogP contribution in [0.25, 0.3) is 0 Å². The topological polar surface area (TPSA) is 38.0 Å². The molecular weight excluding hydrogens is 244 g/mol. The molecule has 0 radical (unpaired) electrons. The average molecular weight is 267 g/mol. The van der Waals surface area contributed by atoms with Crippen LogP contribution in [0.2, 0.25) is 0 Å². The summed E-state index contributed by atoms with van der Waals surface area (Å²) in [4.78, 5) is 0. The lowest BCUT2D eigenvalue weighted by Gasteiger charge is -2.27. The van der Waals surface area contributed by atoms with Crippen LogP contribution in [-0.4, -0.2) is 18.1 Å². The maximum absolute atomic E-state index is 5.93. The zero-order valence-corrected chi connectivity index (χ0v) is 11.5. The van der Waals surface area contributed by atoms with Crippen LogP contribution in [0.3, 0.4) is 0 Å². The zero-order chi connectivity index (χ0) is 11.7. The van der Waals surface area contributed by atoms with Crippen molar-refractivity contribution in [3.05, 3.63) is 35.9 Å². The molecule has 3 rings (SSSR count). The van der Waals surface area contributed by atoms with Crippen LogP contribution in [0.5, 0.6) is 0 Å². The zero-order valence-electron chi connectivity index (χ0n) is 10.7. The molecule has 0 aromatic heterocycles. The van der Waals surface area contributed by atoms with Gasteiger partial charge in [0.05, 0.1) is 0 Å². The van der Waals surface area contributed by atoms with Crippen LogP contribution >= 0.6 is 12.4 Å². The first-order valence-corrected chi connectivity index (χ1v) is 6.89. The molecule has 18 heavy (non-hydrogen) atoms. The van der Waals surface area contributed by atoms with Gasteiger partial charge in [0, 0.05) is 24.0 Å². The fourth-order valence-electron chi connectivity index (χ4n) is 3.04. The molecule has 0 aliphatic heterocycles. The third-order valence-corrected chi connectivity index (χ3v) is 4.24. The molecule has 2 nitrogen and oxygen atoms in total. The number of rotatable bonds is 3. The number of benzene rings is 1. The second kappa shape index (κ2) is 6.05. The molecule has 1 aromatic carbocycles. The molecule has 0 spiro atoms. The van der Waals surface area contributed by atoms with Gasteiger partial charge in [-0.25, -0.2) is 0 Å². The van der Waals surface area contributed by atoms with Crippen LogP contribution in [0.4, 0.5) is 0 Å². The molecule has 1 aromatic rings. The van der Waals surface area contributed by atoms with Crippen molar-refractivity contribution in [2.45, 2.75) is 56.1 Å². The van der Waals surface area contributed by atoms with Crippen molar-refractivity contribution < 1.29 is 0 Å². The highest BCUT2D eigenvalue weighted by atomic mass is 35.5. The maximum atomic E-state index is 5.93. The average Bonchev–Trinajstić information content (AvgIpc) is 3.13. The van der Waals surface area contributed by atoms with Gasteiger partial charge in [-0.3, -0.25) is 0 Å². The third-order valence-electron chi connectivity index (χ3n) is 4.24. The number of halogens is 1. The highest BCUT2D eigenvalue weighted by Gasteiger charge is 2.39. The van der Waals surface area contributed by atoms with Gasteiger partial charge in [0.2, 0.25) is 0 Å². The van der Waals surface area contributed by atoms with Gasteiger partial charge in [0.25, 0.3) is 0 Å². The van der Waals surface area contributed by atoms with Gasteiger partial charge in [-0.15, -0.1) is 12.4 Å². The largest absolute Gasteiger partial charge is 0.328 e. The second-order valence-corrected chi connectivity index (χ2v) is 5.64. The van der Waals surface area contributed by atoms with E-state index in [4.69, 9.17) is 5.73 Å². The lowest BCUT2D eigenvalue weighted by molar-refractivity contribution is 0.339. The van der Waals surface area contributed by atoms with Gasteiger partial charge >= 0.3 is 0 Å². The minimum atomic E-state index is 0. The molecule has 0 heterocycles. The number of hydrogen-bond donors (Lipinski definition) is 2. The van der Waals surface area contributed by atoms with E-state index >= 15 is 0 Å². The van der Waals surface area contributed by atoms with Crippen LogP contribution in [0, 0.1) is 0 Å². The fraction of sp³-hybridized carbons (Fsp3) is 0.600. The van der Waals surface area contributed by atoms with Crippen molar-refractivity contribution in [1.82, 2.24) is 5.32 Å². The minimum absolute atomic E-state index is 0. The first-order valence-electron chi connectivity index (χ1n) is 6.89. The Hall–Kier alpha value is -0.570. The first kappa shape index (κ1) is 13.9. The van der Waals surface area contributed by atoms with E-state index < -0.39 is 0 Å². The summed E-state index contributed by atoms with van der Waals surface area (Å²) in [6.45, 7) is 0. The number of nitrogens with two attached hydrogens (primary N) is 1. The summed E-state index contributed by atoms with van der Waals surface area (Å²) in [6, 6.07) is 12.8. The Balaban J connectivity index is 0.00000120. The molecule has 0 saturated heterocycles. The van der Waals surface area contributed by atoms with Crippen LogP contribution in [0.15, 0.2) is 30.3 Å². The predicted octanol–water partition coefficient (Wildman–Crippen LogP) is 2.82. The maximum Gasteiger partial charge on any atom is 0.0145 e. The molecule has 2 aliphatic carbocycles. The summed E-state index contributed by atoms with van der Waals surface area (Å²) >= 11 is 0. The molecular formula is C15H23ClN2. The normalized spacial score (nSPS) is 34.7. The first-order chi connectivity index (χ1) is 8.33. The molecule has 100 valence electrons. The van der Waals surface area contributed by atoms with Crippen LogP contribution in [0.1, 0.15) is 43.6 Å². The van der Waals surface area contributed by atoms with Gasteiger partial charge in [0.1, 0.15) is 0 Å². The monoisotopic (exact) mass is 266 g/mol. The predicted molar refractivity (Wildman–Crippen MR) is 78.2 cm³/mol. The SMILES string of the molecule is Cl.NC1CCC(N[C@H]2C[C@@H]2c2ccccc2)CC1. The second-order valence-electron chi connectivity index (χ2n) is 5.64. The van der Waals surface area contributed by atoms with Crippen molar-refractivity contribution in [3.63, 3.8) is 0 Å². The van der Waals surface area contributed by atoms with Crippen molar-refractivity contribution in [3.8, 4) is 0 Å². The van der Waals surface area contributed by atoms with Crippen LogP contribution < -0.4 is 11.1 Å². The molecule has 0 unspecified atom stereocenters. The highest BCUT2D eigenvalue weighted by Crippen LogP contribution is 2.41. The van der Waals surface area contributed by atoms with E-state index in [0.29, 0.717) is 12.1 Å². The smallest absolute Gasteiger partial charge is 0.0145 e. The molecule has 2 fully saturated rings. The van der Waals surface area contributed by atoms with Crippen molar-refractivity contribution in [2.24, 2.45) is 5.73 Å². The molecule has 3 heteroatoms. The molecule has 0 amide bonds. The molecule has 3 N–H and O–H groups in total. The van der Waals surface area contributed by atoms with E-state index in [1.165, 1.54) is 37.7 Å².